The fraction of sp³-hybridized carbons (Fsp3) is 0.231. The second-order valence-corrected chi connectivity index (χ2v) is 4.29. The Hall–Kier alpha value is -1.45. The van der Waals surface area contributed by atoms with Crippen LogP contribution in [0.4, 0.5) is 0 Å². The summed E-state index contributed by atoms with van der Waals surface area (Å²) in [7, 11) is 0. The van der Waals surface area contributed by atoms with E-state index in [9.17, 15) is 0 Å². The summed E-state index contributed by atoms with van der Waals surface area (Å²) in [6.45, 7) is 0.622. The fourth-order valence-electron chi connectivity index (χ4n) is 1.60. The number of aromatic nitrogens is 2. The number of halogens is 1. The first-order valence-corrected chi connectivity index (χ1v) is 5.90. The van der Waals surface area contributed by atoms with Crippen molar-refractivity contribution in [1.82, 2.24) is 9.97 Å². The molecule has 17 heavy (non-hydrogen) atoms. The van der Waals surface area contributed by atoms with Gasteiger partial charge in [-0.1, -0.05) is 23.7 Å². The third-order valence-corrected chi connectivity index (χ3v) is 2.68. The molecule has 0 radical (unpaired) electrons. The van der Waals surface area contributed by atoms with E-state index in [4.69, 9.17) is 17.3 Å². The first-order valence-electron chi connectivity index (χ1n) is 5.52. The number of hydrogen-bond acceptors (Lipinski definition) is 3. The van der Waals surface area contributed by atoms with Gasteiger partial charge in [0.05, 0.1) is 0 Å². The van der Waals surface area contributed by atoms with E-state index >= 15 is 0 Å². The summed E-state index contributed by atoms with van der Waals surface area (Å²) in [6, 6.07) is 7.73. The molecule has 2 N–H and O–H groups in total. The minimum absolute atomic E-state index is 0.622. The molecule has 1 aromatic carbocycles. The lowest BCUT2D eigenvalue weighted by molar-refractivity contribution is 0.901. The molecule has 0 saturated heterocycles. The molecule has 1 heterocycles. The summed E-state index contributed by atoms with van der Waals surface area (Å²) in [6.07, 6.45) is 5.18. The van der Waals surface area contributed by atoms with Gasteiger partial charge in [0.1, 0.15) is 5.82 Å². The summed E-state index contributed by atoms with van der Waals surface area (Å²) in [5.74, 6) is 0.799. The maximum atomic E-state index is 5.92. The molecule has 0 spiro atoms. The van der Waals surface area contributed by atoms with Crippen molar-refractivity contribution in [1.29, 1.82) is 0 Å². The van der Waals surface area contributed by atoms with Crippen LogP contribution in [0.15, 0.2) is 36.7 Å². The highest BCUT2D eigenvalue weighted by Crippen LogP contribution is 2.12. The van der Waals surface area contributed by atoms with Crippen molar-refractivity contribution in [3.8, 4) is 0 Å². The van der Waals surface area contributed by atoms with E-state index in [1.54, 1.807) is 0 Å². The first kappa shape index (κ1) is 12.0. The van der Waals surface area contributed by atoms with Crippen LogP contribution in [-0.4, -0.2) is 16.5 Å². The smallest absolute Gasteiger partial charge is 0.132 e. The number of rotatable bonds is 4. The molecule has 0 atom stereocenters. The van der Waals surface area contributed by atoms with E-state index in [0.29, 0.717) is 13.0 Å². The first-order chi connectivity index (χ1) is 8.28. The van der Waals surface area contributed by atoms with E-state index in [2.05, 4.69) is 9.97 Å². The minimum Gasteiger partial charge on any atom is -0.330 e. The molecule has 88 valence electrons. The lowest BCUT2D eigenvalue weighted by Gasteiger charge is -2.02. The van der Waals surface area contributed by atoms with Crippen molar-refractivity contribution in [3.63, 3.8) is 0 Å². The number of hydrogen-bond donors (Lipinski definition) is 1. The molecule has 3 nitrogen and oxygen atoms in total. The van der Waals surface area contributed by atoms with Gasteiger partial charge in [0, 0.05) is 23.8 Å². The van der Waals surface area contributed by atoms with Crippen molar-refractivity contribution in [3.05, 3.63) is 58.6 Å². The highest BCUT2D eigenvalue weighted by molar-refractivity contribution is 6.30. The minimum atomic E-state index is 0.622. The second kappa shape index (κ2) is 5.75. The summed E-state index contributed by atoms with van der Waals surface area (Å²) < 4.78 is 0. The quantitative estimate of drug-likeness (QED) is 0.901. The molecular formula is C13H14ClN3. The normalized spacial score (nSPS) is 10.5. The Bertz CT molecular complexity index is 482. The zero-order valence-electron chi connectivity index (χ0n) is 9.44. The Morgan fingerprint density at radius 1 is 1.12 bits per heavy atom. The molecule has 0 unspecified atom stereocenters. The maximum Gasteiger partial charge on any atom is 0.132 e. The Morgan fingerprint density at radius 3 is 2.53 bits per heavy atom. The Morgan fingerprint density at radius 2 is 1.88 bits per heavy atom. The summed E-state index contributed by atoms with van der Waals surface area (Å²) in [4.78, 5) is 8.63. The van der Waals surface area contributed by atoms with Gasteiger partial charge in [-0.05, 0) is 36.2 Å². The molecule has 0 aliphatic rings. The monoisotopic (exact) mass is 247 g/mol. The predicted molar refractivity (Wildman–Crippen MR) is 69.0 cm³/mol. The Labute approximate surface area is 106 Å². The van der Waals surface area contributed by atoms with Gasteiger partial charge in [-0.25, -0.2) is 9.97 Å². The van der Waals surface area contributed by atoms with E-state index in [0.717, 1.165) is 28.4 Å². The molecule has 0 fully saturated rings. The summed E-state index contributed by atoms with van der Waals surface area (Å²) in [5.41, 5.74) is 7.66. The molecule has 4 heteroatoms. The van der Waals surface area contributed by atoms with Crippen molar-refractivity contribution in [2.24, 2.45) is 5.73 Å². The maximum absolute atomic E-state index is 5.92. The van der Waals surface area contributed by atoms with E-state index in [1.165, 1.54) is 0 Å². The van der Waals surface area contributed by atoms with Crippen LogP contribution in [0.5, 0.6) is 0 Å². The molecule has 0 aliphatic carbocycles. The van der Waals surface area contributed by atoms with Gasteiger partial charge in [-0.3, -0.25) is 0 Å². The van der Waals surface area contributed by atoms with E-state index < -0.39 is 0 Å². The van der Waals surface area contributed by atoms with Crippen LogP contribution in [0.3, 0.4) is 0 Å². The lowest BCUT2D eigenvalue weighted by Crippen LogP contribution is -2.04. The third-order valence-electron chi connectivity index (χ3n) is 2.44. The molecule has 1 aromatic heterocycles. The predicted octanol–water partition coefficient (Wildman–Crippen LogP) is 2.22. The summed E-state index contributed by atoms with van der Waals surface area (Å²) >= 11 is 5.92. The zero-order valence-corrected chi connectivity index (χ0v) is 10.2. The van der Waals surface area contributed by atoms with Crippen LogP contribution in [0.1, 0.15) is 17.0 Å². The van der Waals surface area contributed by atoms with Crippen LogP contribution in [0, 0.1) is 0 Å². The van der Waals surface area contributed by atoms with Crippen molar-refractivity contribution in [2.45, 2.75) is 12.8 Å². The molecule has 0 bridgehead atoms. The molecule has 0 aliphatic heterocycles. The highest BCUT2D eigenvalue weighted by Gasteiger charge is 2.00. The largest absolute Gasteiger partial charge is 0.330 e. The van der Waals surface area contributed by atoms with Crippen molar-refractivity contribution in [2.75, 3.05) is 6.54 Å². The Balaban J connectivity index is 2.08. The number of nitrogens with two attached hydrogens (primary N) is 1. The lowest BCUT2D eigenvalue weighted by atomic mass is 10.1. The molecule has 2 aromatic rings. The zero-order chi connectivity index (χ0) is 12.1. The van der Waals surface area contributed by atoms with Crippen LogP contribution >= 0.6 is 11.6 Å². The third kappa shape index (κ3) is 3.51. The molecule has 0 saturated carbocycles. The van der Waals surface area contributed by atoms with Crippen LogP contribution < -0.4 is 5.73 Å². The van der Waals surface area contributed by atoms with Crippen molar-refractivity contribution >= 4 is 11.6 Å². The second-order valence-electron chi connectivity index (χ2n) is 3.85. The number of nitrogens with zero attached hydrogens (tertiary/aromatic N) is 2. The van der Waals surface area contributed by atoms with Gasteiger partial charge in [0.15, 0.2) is 0 Å². The molecule has 2 rings (SSSR count). The molecule has 0 amide bonds. The summed E-state index contributed by atoms with van der Waals surface area (Å²) in [5, 5.41) is 0.738. The van der Waals surface area contributed by atoms with Crippen LogP contribution in [0.25, 0.3) is 0 Å². The topological polar surface area (TPSA) is 51.8 Å². The van der Waals surface area contributed by atoms with Crippen LogP contribution in [-0.2, 0) is 12.8 Å². The highest BCUT2D eigenvalue weighted by atomic mass is 35.5. The average Bonchev–Trinajstić information content (AvgIpc) is 2.32. The molecular weight excluding hydrogens is 234 g/mol. The van der Waals surface area contributed by atoms with Gasteiger partial charge in [0.25, 0.3) is 0 Å². The van der Waals surface area contributed by atoms with Gasteiger partial charge in [-0.2, -0.15) is 0 Å². The van der Waals surface area contributed by atoms with Crippen LogP contribution in [0.2, 0.25) is 5.02 Å². The number of benzene rings is 1. The van der Waals surface area contributed by atoms with Gasteiger partial charge in [-0.15, -0.1) is 0 Å². The Kier molecular flexibility index (Phi) is 4.07. The SMILES string of the molecule is NCCc1cnc(Cc2cccc(Cl)c2)nc1. The average molecular weight is 248 g/mol. The standard InChI is InChI=1S/C13H14ClN3/c14-12-3-1-2-10(6-12)7-13-16-8-11(4-5-15)9-17-13/h1-3,6,8-9H,4-5,7,15H2. The van der Waals surface area contributed by atoms with Gasteiger partial charge >= 0.3 is 0 Å². The van der Waals surface area contributed by atoms with E-state index in [1.807, 2.05) is 36.7 Å². The fourth-order valence-corrected chi connectivity index (χ4v) is 1.81. The van der Waals surface area contributed by atoms with Crippen molar-refractivity contribution < 1.29 is 0 Å². The van der Waals surface area contributed by atoms with Gasteiger partial charge in [0.2, 0.25) is 0 Å². The van der Waals surface area contributed by atoms with E-state index in [-0.39, 0.29) is 0 Å². The van der Waals surface area contributed by atoms with Gasteiger partial charge < -0.3 is 5.73 Å².